The van der Waals surface area contributed by atoms with Crippen LogP contribution in [-0.2, 0) is 0 Å². The number of hydrogen-bond donors (Lipinski definition) is 2. The average Bonchev–Trinajstić information content (AvgIpc) is 2.30. The lowest BCUT2D eigenvalue weighted by Gasteiger charge is -2.14. The van der Waals surface area contributed by atoms with E-state index in [1.807, 2.05) is 0 Å². The van der Waals surface area contributed by atoms with E-state index in [1.54, 1.807) is 19.9 Å². The number of nitro groups is 1. The van der Waals surface area contributed by atoms with Crippen molar-refractivity contribution in [2.45, 2.75) is 20.0 Å². The molecular weight excluding hydrogens is 226 g/mol. The number of benzene rings is 1. The van der Waals surface area contributed by atoms with Crippen LogP contribution in [0, 0.1) is 17.0 Å². The first kappa shape index (κ1) is 12.8. The van der Waals surface area contributed by atoms with Crippen LogP contribution in [0.1, 0.15) is 12.5 Å². The van der Waals surface area contributed by atoms with Gasteiger partial charge in [0.1, 0.15) is 5.75 Å². The molecule has 0 spiro atoms. The summed E-state index contributed by atoms with van der Waals surface area (Å²) in [4.78, 5) is 10.1. The molecule has 0 aliphatic carbocycles. The molecule has 92 valence electrons. The van der Waals surface area contributed by atoms with Crippen LogP contribution in [0.25, 0.3) is 0 Å². The highest BCUT2D eigenvalue weighted by Gasteiger charge is 2.14. The summed E-state index contributed by atoms with van der Waals surface area (Å²) in [6.45, 7) is 3.32. The Labute approximate surface area is 97.6 Å². The second kappa shape index (κ2) is 5.15. The zero-order valence-electron chi connectivity index (χ0n) is 9.45. The number of oxime groups is 1. The van der Waals surface area contributed by atoms with E-state index >= 15 is 0 Å². The van der Waals surface area contributed by atoms with Crippen molar-refractivity contribution in [1.82, 2.24) is 0 Å². The number of rotatable bonds is 4. The summed E-state index contributed by atoms with van der Waals surface area (Å²) in [5.41, 5.74) is 6.01. The average molecular weight is 239 g/mol. The second-order valence-corrected chi connectivity index (χ2v) is 3.49. The van der Waals surface area contributed by atoms with Crippen molar-refractivity contribution < 1.29 is 14.9 Å². The van der Waals surface area contributed by atoms with Gasteiger partial charge in [0.25, 0.3) is 5.69 Å². The Morgan fingerprint density at radius 1 is 1.65 bits per heavy atom. The molecule has 17 heavy (non-hydrogen) atoms. The fourth-order valence-electron chi connectivity index (χ4n) is 1.16. The Hall–Kier alpha value is -2.31. The Bertz CT molecular complexity index is 459. The number of ether oxygens (including phenoxy) is 1. The van der Waals surface area contributed by atoms with Crippen LogP contribution < -0.4 is 10.5 Å². The molecule has 0 aromatic heterocycles. The number of aryl methyl sites for hydroxylation is 1. The van der Waals surface area contributed by atoms with Crippen molar-refractivity contribution in [2.24, 2.45) is 10.9 Å². The van der Waals surface area contributed by atoms with Crippen LogP contribution in [0.2, 0.25) is 0 Å². The lowest BCUT2D eigenvalue weighted by atomic mass is 10.2. The third-order valence-corrected chi connectivity index (χ3v) is 2.22. The minimum Gasteiger partial charge on any atom is -0.482 e. The van der Waals surface area contributed by atoms with Crippen molar-refractivity contribution in [3.8, 4) is 5.75 Å². The lowest BCUT2D eigenvalue weighted by Crippen LogP contribution is -2.31. The van der Waals surface area contributed by atoms with Crippen molar-refractivity contribution >= 4 is 11.5 Å². The monoisotopic (exact) mass is 239 g/mol. The number of nitrogens with two attached hydrogens (primary N) is 1. The largest absolute Gasteiger partial charge is 0.482 e. The van der Waals surface area contributed by atoms with Gasteiger partial charge in [-0.05, 0) is 25.5 Å². The topological polar surface area (TPSA) is 111 Å². The second-order valence-electron chi connectivity index (χ2n) is 3.49. The summed E-state index contributed by atoms with van der Waals surface area (Å²) in [6.07, 6.45) is -0.666. The molecule has 3 N–H and O–H groups in total. The van der Waals surface area contributed by atoms with Crippen molar-refractivity contribution in [1.29, 1.82) is 0 Å². The van der Waals surface area contributed by atoms with E-state index in [0.717, 1.165) is 5.56 Å². The van der Waals surface area contributed by atoms with E-state index in [9.17, 15) is 10.1 Å². The molecule has 0 heterocycles. The molecule has 0 bridgehead atoms. The predicted molar refractivity (Wildman–Crippen MR) is 61.3 cm³/mol. The van der Waals surface area contributed by atoms with E-state index in [1.165, 1.54) is 12.1 Å². The maximum Gasteiger partial charge on any atom is 0.273 e. The van der Waals surface area contributed by atoms with Crippen LogP contribution in [0.3, 0.4) is 0 Å². The molecule has 1 rings (SSSR count). The molecule has 0 saturated carbocycles. The number of nitrogens with zero attached hydrogens (tertiary/aromatic N) is 2. The van der Waals surface area contributed by atoms with Gasteiger partial charge in [-0.3, -0.25) is 10.1 Å². The highest BCUT2D eigenvalue weighted by atomic mass is 16.6. The summed E-state index contributed by atoms with van der Waals surface area (Å²) < 4.78 is 5.37. The van der Waals surface area contributed by atoms with Gasteiger partial charge in [-0.15, -0.1) is 0 Å². The molecule has 0 aliphatic rings. The number of non-ortho nitro benzene ring substituents is 1. The van der Waals surface area contributed by atoms with Gasteiger partial charge in [0.2, 0.25) is 0 Å². The Morgan fingerprint density at radius 2 is 2.29 bits per heavy atom. The van der Waals surface area contributed by atoms with Gasteiger partial charge in [0.15, 0.2) is 11.9 Å². The third-order valence-electron chi connectivity index (χ3n) is 2.22. The third kappa shape index (κ3) is 3.07. The van der Waals surface area contributed by atoms with Crippen LogP contribution in [0.15, 0.2) is 23.4 Å². The Balaban J connectivity index is 2.97. The maximum atomic E-state index is 10.6. The van der Waals surface area contributed by atoms with Crippen molar-refractivity contribution in [3.05, 3.63) is 33.9 Å². The Kier molecular flexibility index (Phi) is 3.86. The van der Waals surface area contributed by atoms with Gasteiger partial charge < -0.3 is 15.7 Å². The first-order valence-corrected chi connectivity index (χ1v) is 4.84. The predicted octanol–water partition coefficient (Wildman–Crippen LogP) is 1.42. The van der Waals surface area contributed by atoms with Crippen LogP contribution >= 0.6 is 0 Å². The smallest absolute Gasteiger partial charge is 0.273 e. The van der Waals surface area contributed by atoms with Crippen LogP contribution in [0.4, 0.5) is 5.69 Å². The first-order valence-electron chi connectivity index (χ1n) is 4.84. The van der Waals surface area contributed by atoms with E-state index in [2.05, 4.69) is 5.16 Å². The number of nitro benzene ring substituents is 1. The fraction of sp³-hybridized carbons (Fsp3) is 0.300. The molecule has 0 amide bonds. The number of amidine groups is 1. The molecule has 1 aromatic rings. The summed E-state index contributed by atoms with van der Waals surface area (Å²) in [6, 6.07) is 4.26. The number of hydrogen-bond acceptors (Lipinski definition) is 5. The van der Waals surface area contributed by atoms with Gasteiger partial charge in [-0.2, -0.15) is 0 Å². The molecule has 1 unspecified atom stereocenters. The minimum absolute atomic E-state index is 0.0719. The highest BCUT2D eigenvalue weighted by molar-refractivity contribution is 5.84. The molecule has 0 fully saturated rings. The van der Waals surface area contributed by atoms with E-state index in [4.69, 9.17) is 15.7 Å². The van der Waals surface area contributed by atoms with Crippen molar-refractivity contribution in [3.63, 3.8) is 0 Å². The molecule has 0 aliphatic heterocycles. The van der Waals surface area contributed by atoms with Crippen molar-refractivity contribution in [2.75, 3.05) is 0 Å². The molecule has 1 aromatic carbocycles. The standard InChI is InChI=1S/C10H13N3O4/c1-6-3-4-8(13(15)16)5-9(6)17-7(2)10(11)12-14/h3-5,7,14H,1-2H3,(H2,11,12). The Morgan fingerprint density at radius 3 is 2.82 bits per heavy atom. The van der Waals surface area contributed by atoms with Crippen LogP contribution in [-0.4, -0.2) is 22.1 Å². The molecule has 1 atom stereocenters. The summed E-state index contributed by atoms with van der Waals surface area (Å²) in [5, 5.41) is 21.9. The van der Waals surface area contributed by atoms with Crippen LogP contribution in [0.5, 0.6) is 5.75 Å². The van der Waals surface area contributed by atoms with E-state index < -0.39 is 11.0 Å². The van der Waals surface area contributed by atoms with E-state index in [-0.39, 0.29) is 11.5 Å². The quantitative estimate of drug-likeness (QED) is 0.271. The van der Waals surface area contributed by atoms with Gasteiger partial charge in [0.05, 0.1) is 11.0 Å². The minimum atomic E-state index is -0.666. The highest BCUT2D eigenvalue weighted by Crippen LogP contribution is 2.24. The van der Waals surface area contributed by atoms with Gasteiger partial charge >= 0.3 is 0 Å². The molecule has 7 nitrogen and oxygen atoms in total. The molecule has 7 heteroatoms. The zero-order valence-corrected chi connectivity index (χ0v) is 9.45. The molecular formula is C10H13N3O4. The maximum absolute atomic E-state index is 10.6. The molecule has 0 radical (unpaired) electrons. The first-order chi connectivity index (χ1) is 7.95. The van der Waals surface area contributed by atoms with Gasteiger partial charge in [-0.1, -0.05) is 5.16 Å². The fourth-order valence-corrected chi connectivity index (χ4v) is 1.16. The summed E-state index contributed by atoms with van der Waals surface area (Å²) in [5.74, 6) is 0.231. The van der Waals surface area contributed by atoms with Gasteiger partial charge in [0, 0.05) is 6.07 Å². The summed E-state index contributed by atoms with van der Waals surface area (Å²) in [7, 11) is 0. The van der Waals surface area contributed by atoms with E-state index in [0.29, 0.717) is 5.75 Å². The normalized spacial score (nSPS) is 13.2. The lowest BCUT2D eigenvalue weighted by molar-refractivity contribution is -0.385. The zero-order chi connectivity index (χ0) is 13.0. The summed E-state index contributed by atoms with van der Waals surface area (Å²) >= 11 is 0. The SMILES string of the molecule is Cc1ccc([N+](=O)[O-])cc1OC(C)C(N)=NO. The van der Waals surface area contributed by atoms with Gasteiger partial charge in [-0.25, -0.2) is 0 Å². The molecule has 0 saturated heterocycles.